The van der Waals surface area contributed by atoms with Crippen LogP contribution in [0.3, 0.4) is 0 Å². The zero-order valence-electron chi connectivity index (χ0n) is 17.3. The van der Waals surface area contributed by atoms with Crippen molar-refractivity contribution in [3.8, 4) is 5.75 Å². The van der Waals surface area contributed by atoms with E-state index in [4.69, 9.17) is 4.74 Å². The molecule has 0 unspecified atom stereocenters. The Morgan fingerprint density at radius 3 is 2.26 bits per heavy atom. The summed E-state index contributed by atoms with van der Waals surface area (Å²) in [7, 11) is 0. The van der Waals surface area contributed by atoms with Gasteiger partial charge in [-0.2, -0.15) is 0 Å². The Morgan fingerprint density at radius 2 is 1.55 bits per heavy atom. The third-order valence-corrected chi connectivity index (χ3v) is 5.83. The molecule has 1 aliphatic rings. The molecule has 2 amide bonds. The first kappa shape index (κ1) is 20.8. The summed E-state index contributed by atoms with van der Waals surface area (Å²) in [5.74, 6) is -0.120. The van der Waals surface area contributed by atoms with E-state index in [1.165, 1.54) is 16.7 Å². The maximum Gasteiger partial charge on any atom is 0.283 e. The van der Waals surface area contributed by atoms with E-state index in [-0.39, 0.29) is 11.6 Å². The van der Waals surface area contributed by atoms with Crippen LogP contribution in [0.5, 0.6) is 5.75 Å². The van der Waals surface area contributed by atoms with Gasteiger partial charge in [0.1, 0.15) is 16.4 Å². The molecule has 1 heterocycles. The number of thioether (sulfide) groups is 1. The van der Waals surface area contributed by atoms with Crippen LogP contribution >= 0.6 is 11.8 Å². The lowest BCUT2D eigenvalue weighted by Gasteiger charge is -2.16. The number of nitrogens with zero attached hydrogens (tertiary/aromatic N) is 1. The first-order chi connectivity index (χ1) is 15.1. The lowest BCUT2D eigenvalue weighted by atomic mass is 10.2. The Labute approximate surface area is 185 Å². The number of carbonyl (C=O) groups is 2. The highest BCUT2D eigenvalue weighted by Crippen LogP contribution is 2.39. The van der Waals surface area contributed by atoms with Crippen molar-refractivity contribution in [1.82, 2.24) is 0 Å². The number of amides is 2. The predicted octanol–water partition coefficient (Wildman–Crippen LogP) is 5.38. The summed E-state index contributed by atoms with van der Waals surface area (Å²) in [6.07, 6.45) is 0. The van der Waals surface area contributed by atoms with E-state index in [1.54, 1.807) is 24.3 Å². The number of nitrogens with one attached hydrogen (secondary N) is 1. The molecule has 5 nitrogen and oxygen atoms in total. The van der Waals surface area contributed by atoms with E-state index >= 15 is 0 Å². The van der Waals surface area contributed by atoms with E-state index in [0.29, 0.717) is 28.6 Å². The molecule has 0 saturated carbocycles. The van der Waals surface area contributed by atoms with E-state index in [2.05, 4.69) is 5.32 Å². The van der Waals surface area contributed by atoms with Crippen molar-refractivity contribution >= 4 is 35.0 Å². The van der Waals surface area contributed by atoms with Crippen LogP contribution in [0.15, 0.2) is 94.4 Å². The summed E-state index contributed by atoms with van der Waals surface area (Å²) >= 11 is 1.28. The Kier molecular flexibility index (Phi) is 6.09. The zero-order valence-corrected chi connectivity index (χ0v) is 18.1. The van der Waals surface area contributed by atoms with Crippen LogP contribution in [0.2, 0.25) is 0 Å². The van der Waals surface area contributed by atoms with Crippen LogP contribution in [-0.2, 0) is 9.59 Å². The van der Waals surface area contributed by atoms with Gasteiger partial charge in [0, 0.05) is 4.90 Å². The van der Waals surface area contributed by atoms with Gasteiger partial charge in [0.2, 0.25) is 0 Å². The monoisotopic (exact) mass is 430 g/mol. The van der Waals surface area contributed by atoms with Gasteiger partial charge in [0.15, 0.2) is 0 Å². The molecule has 0 atom stereocenters. The topological polar surface area (TPSA) is 58.6 Å². The normalized spacial score (nSPS) is 13.7. The van der Waals surface area contributed by atoms with Gasteiger partial charge >= 0.3 is 0 Å². The highest BCUT2D eigenvalue weighted by molar-refractivity contribution is 8.04. The van der Waals surface area contributed by atoms with Crippen molar-refractivity contribution in [3.05, 3.63) is 95.0 Å². The van der Waals surface area contributed by atoms with Crippen molar-refractivity contribution in [2.75, 3.05) is 16.8 Å². The zero-order chi connectivity index (χ0) is 21.8. The van der Waals surface area contributed by atoms with Gasteiger partial charge in [-0.3, -0.25) is 9.59 Å². The number of para-hydroxylation sites is 3. The predicted molar refractivity (Wildman–Crippen MR) is 124 cm³/mol. The van der Waals surface area contributed by atoms with Crippen LogP contribution in [0.1, 0.15) is 12.5 Å². The highest BCUT2D eigenvalue weighted by Gasteiger charge is 2.40. The minimum atomic E-state index is -0.392. The number of imide groups is 1. The van der Waals surface area contributed by atoms with Crippen LogP contribution in [0.25, 0.3) is 0 Å². The number of ether oxygens (including phenoxy) is 1. The highest BCUT2D eigenvalue weighted by atomic mass is 32.2. The van der Waals surface area contributed by atoms with Gasteiger partial charge in [-0.15, -0.1) is 0 Å². The smallest absolute Gasteiger partial charge is 0.283 e. The molecule has 1 aliphatic heterocycles. The summed E-state index contributed by atoms with van der Waals surface area (Å²) in [6.45, 7) is 4.40. The second kappa shape index (κ2) is 9.10. The number of hydrogen-bond donors (Lipinski definition) is 1. The molecule has 0 fully saturated rings. The van der Waals surface area contributed by atoms with Crippen LogP contribution in [0.4, 0.5) is 11.4 Å². The molecule has 0 aliphatic carbocycles. The molecule has 6 heteroatoms. The van der Waals surface area contributed by atoms with Gasteiger partial charge in [0.05, 0.1) is 18.0 Å². The lowest BCUT2D eigenvalue weighted by Crippen LogP contribution is -2.32. The van der Waals surface area contributed by atoms with Crippen molar-refractivity contribution < 1.29 is 14.3 Å². The summed E-state index contributed by atoms with van der Waals surface area (Å²) in [6, 6.07) is 24.2. The van der Waals surface area contributed by atoms with Crippen molar-refractivity contribution in [2.24, 2.45) is 0 Å². The molecular formula is C25H22N2O3S. The summed E-state index contributed by atoms with van der Waals surface area (Å²) in [5.41, 5.74) is 2.54. The maximum atomic E-state index is 13.4. The van der Waals surface area contributed by atoms with Gasteiger partial charge in [0.25, 0.3) is 11.8 Å². The number of carbonyl (C=O) groups excluding carboxylic acids is 2. The Hall–Kier alpha value is -3.51. The molecule has 4 rings (SSSR count). The van der Waals surface area contributed by atoms with E-state index in [1.807, 2.05) is 68.4 Å². The molecule has 0 saturated heterocycles. The number of benzene rings is 3. The summed E-state index contributed by atoms with van der Waals surface area (Å²) < 4.78 is 5.69. The number of anilines is 2. The average Bonchev–Trinajstić information content (AvgIpc) is 3.01. The SMILES string of the molecule is CCOc1ccccc1NC1=C(Sc2ccc(C)cc2)C(=O)N(c2ccccc2)C1=O. The number of hydrogen-bond acceptors (Lipinski definition) is 5. The number of aryl methyl sites for hydroxylation is 1. The fourth-order valence-corrected chi connectivity index (χ4v) is 4.16. The van der Waals surface area contributed by atoms with Gasteiger partial charge in [-0.25, -0.2) is 4.90 Å². The van der Waals surface area contributed by atoms with E-state index in [0.717, 1.165) is 10.5 Å². The third-order valence-electron chi connectivity index (χ3n) is 4.74. The molecule has 3 aromatic rings. The Morgan fingerprint density at radius 1 is 0.871 bits per heavy atom. The van der Waals surface area contributed by atoms with Crippen molar-refractivity contribution in [3.63, 3.8) is 0 Å². The second-order valence-corrected chi connectivity index (χ2v) is 8.04. The largest absolute Gasteiger partial charge is 0.492 e. The van der Waals surface area contributed by atoms with Crippen molar-refractivity contribution in [2.45, 2.75) is 18.7 Å². The quantitative estimate of drug-likeness (QED) is 0.510. The van der Waals surface area contributed by atoms with Crippen LogP contribution in [0, 0.1) is 6.92 Å². The van der Waals surface area contributed by atoms with E-state index < -0.39 is 5.91 Å². The molecule has 156 valence electrons. The Balaban J connectivity index is 1.75. The third kappa shape index (κ3) is 4.34. The molecule has 0 spiro atoms. The molecule has 3 aromatic carbocycles. The minimum absolute atomic E-state index is 0.242. The fraction of sp³-hybridized carbons (Fsp3) is 0.120. The summed E-state index contributed by atoms with van der Waals surface area (Å²) in [5, 5.41) is 3.18. The maximum absolute atomic E-state index is 13.4. The van der Waals surface area contributed by atoms with Gasteiger partial charge in [-0.1, -0.05) is 59.8 Å². The molecule has 1 N–H and O–H groups in total. The van der Waals surface area contributed by atoms with Crippen LogP contribution in [-0.4, -0.2) is 18.4 Å². The molecule has 0 bridgehead atoms. The van der Waals surface area contributed by atoms with Crippen LogP contribution < -0.4 is 15.0 Å². The Bertz CT molecular complexity index is 1140. The molecule has 0 aromatic heterocycles. The first-order valence-corrected chi connectivity index (χ1v) is 10.8. The standard InChI is InChI=1S/C25H22N2O3S/c1-3-30-21-12-8-7-11-20(21)26-22-23(31-19-15-13-17(2)14-16-19)25(29)27(24(22)28)18-9-5-4-6-10-18/h4-16,26H,3H2,1-2H3. The second-order valence-electron chi connectivity index (χ2n) is 6.95. The van der Waals surface area contributed by atoms with Gasteiger partial charge < -0.3 is 10.1 Å². The molecule has 31 heavy (non-hydrogen) atoms. The average molecular weight is 431 g/mol. The van der Waals surface area contributed by atoms with Crippen molar-refractivity contribution in [1.29, 1.82) is 0 Å². The van der Waals surface area contributed by atoms with Gasteiger partial charge in [-0.05, 0) is 50.2 Å². The van der Waals surface area contributed by atoms with E-state index in [9.17, 15) is 9.59 Å². The lowest BCUT2D eigenvalue weighted by molar-refractivity contribution is -0.120. The fourth-order valence-electron chi connectivity index (χ4n) is 3.24. The summed E-state index contributed by atoms with van der Waals surface area (Å²) in [4.78, 5) is 29.2. The molecule has 0 radical (unpaired) electrons. The minimum Gasteiger partial charge on any atom is -0.492 e. The number of rotatable bonds is 7. The first-order valence-electron chi connectivity index (χ1n) is 10.00. The molecular weight excluding hydrogens is 408 g/mol.